The van der Waals surface area contributed by atoms with E-state index in [0.29, 0.717) is 28.7 Å². The van der Waals surface area contributed by atoms with Crippen molar-refractivity contribution in [3.63, 3.8) is 0 Å². The van der Waals surface area contributed by atoms with Crippen LogP contribution in [0.5, 0.6) is 28.7 Å². The van der Waals surface area contributed by atoms with Gasteiger partial charge in [0.2, 0.25) is 12.0 Å². The summed E-state index contributed by atoms with van der Waals surface area (Å²) in [5.74, 6) is 3.21. The van der Waals surface area contributed by atoms with Gasteiger partial charge in [0, 0.05) is 22.6 Å². The minimum absolute atomic E-state index is 0.0383. The van der Waals surface area contributed by atoms with E-state index in [1.54, 1.807) is 28.4 Å². The van der Waals surface area contributed by atoms with Crippen molar-refractivity contribution in [2.75, 3.05) is 28.4 Å². The zero-order valence-electron chi connectivity index (χ0n) is 19.4. The maximum atomic E-state index is 6.47. The van der Waals surface area contributed by atoms with Gasteiger partial charge in [0.15, 0.2) is 11.5 Å². The third-order valence-electron chi connectivity index (χ3n) is 6.15. The van der Waals surface area contributed by atoms with E-state index in [2.05, 4.69) is 0 Å². The number of hydrazone groups is 1. The summed E-state index contributed by atoms with van der Waals surface area (Å²) in [7, 11) is 6.43. The Bertz CT molecular complexity index is 1220. The molecule has 0 unspecified atom stereocenters. The highest BCUT2D eigenvalue weighted by molar-refractivity contribution is 6.30. The fourth-order valence-electron chi connectivity index (χ4n) is 4.48. The highest BCUT2D eigenvalue weighted by atomic mass is 35.5. The average Bonchev–Trinajstić information content (AvgIpc) is 3.33. The van der Waals surface area contributed by atoms with Gasteiger partial charge in [-0.1, -0.05) is 11.6 Å². The van der Waals surface area contributed by atoms with Crippen LogP contribution in [0.3, 0.4) is 0 Å². The van der Waals surface area contributed by atoms with Crippen LogP contribution in [0.1, 0.15) is 35.4 Å². The van der Waals surface area contributed by atoms with Crippen molar-refractivity contribution < 1.29 is 23.7 Å². The molecule has 0 aliphatic carbocycles. The summed E-state index contributed by atoms with van der Waals surface area (Å²) in [6.07, 6.45) is 0.215. The number of methoxy groups -OCH3 is 4. The molecule has 0 fully saturated rings. The van der Waals surface area contributed by atoms with Crippen LogP contribution in [-0.2, 0) is 0 Å². The second kappa shape index (κ2) is 8.99. The standard InChI is InChI=1S/C26H25ClN2O5/c1-30-18-8-5-15(6-9-18)20-14-21-19-13-17(27)7-10-22(19)34-26(29(21)28-20)16-11-23(31-2)25(33-4)24(12-16)32-3/h5-13,21,26H,14H2,1-4H3/t21-,26-/m1/s1. The van der Waals surface area contributed by atoms with Crippen molar-refractivity contribution >= 4 is 17.3 Å². The highest BCUT2D eigenvalue weighted by Gasteiger charge is 2.41. The van der Waals surface area contributed by atoms with Gasteiger partial charge < -0.3 is 23.7 Å². The lowest BCUT2D eigenvalue weighted by Gasteiger charge is -2.38. The summed E-state index contributed by atoms with van der Waals surface area (Å²) >= 11 is 6.35. The third kappa shape index (κ3) is 3.76. The predicted octanol–water partition coefficient (Wildman–Crippen LogP) is 5.62. The molecule has 8 heteroatoms. The third-order valence-corrected chi connectivity index (χ3v) is 6.38. The van der Waals surface area contributed by atoms with Crippen LogP contribution in [0, 0.1) is 0 Å². The van der Waals surface area contributed by atoms with Gasteiger partial charge in [-0.2, -0.15) is 5.10 Å². The maximum Gasteiger partial charge on any atom is 0.214 e. The van der Waals surface area contributed by atoms with Crippen LogP contribution in [0.4, 0.5) is 0 Å². The summed E-state index contributed by atoms with van der Waals surface area (Å²) in [5.41, 5.74) is 3.83. The first-order valence-corrected chi connectivity index (χ1v) is 11.2. The quantitative estimate of drug-likeness (QED) is 0.456. The number of ether oxygens (including phenoxy) is 5. The van der Waals surface area contributed by atoms with Gasteiger partial charge in [0.25, 0.3) is 0 Å². The van der Waals surface area contributed by atoms with E-state index in [4.69, 9.17) is 40.4 Å². The lowest BCUT2D eigenvalue weighted by molar-refractivity contribution is -0.0192. The number of hydrogen-bond acceptors (Lipinski definition) is 7. The van der Waals surface area contributed by atoms with Gasteiger partial charge in [0.1, 0.15) is 11.5 Å². The fourth-order valence-corrected chi connectivity index (χ4v) is 4.66. The molecule has 0 saturated carbocycles. The Labute approximate surface area is 203 Å². The van der Waals surface area contributed by atoms with Crippen LogP contribution in [-0.4, -0.2) is 39.2 Å². The van der Waals surface area contributed by atoms with Gasteiger partial charge >= 0.3 is 0 Å². The van der Waals surface area contributed by atoms with Crippen molar-refractivity contribution in [3.05, 3.63) is 76.3 Å². The van der Waals surface area contributed by atoms with Gasteiger partial charge in [-0.05, 0) is 60.2 Å². The lowest BCUT2D eigenvalue weighted by atomic mass is 9.95. The average molecular weight is 481 g/mol. The molecule has 5 rings (SSSR count). The number of benzene rings is 3. The molecule has 0 radical (unpaired) electrons. The van der Waals surface area contributed by atoms with Crippen molar-refractivity contribution in [1.29, 1.82) is 0 Å². The Hall–Kier alpha value is -3.58. The molecule has 0 bridgehead atoms. The number of hydrogen-bond donors (Lipinski definition) is 0. The van der Waals surface area contributed by atoms with E-state index < -0.39 is 6.23 Å². The summed E-state index contributed by atoms with van der Waals surface area (Å²) in [4.78, 5) is 0. The van der Waals surface area contributed by atoms with Crippen molar-refractivity contribution in [2.45, 2.75) is 18.7 Å². The van der Waals surface area contributed by atoms with E-state index in [0.717, 1.165) is 33.9 Å². The molecule has 176 valence electrons. The number of fused-ring (bicyclic) bond motifs is 3. The number of rotatable bonds is 6. The minimum Gasteiger partial charge on any atom is -0.497 e. The van der Waals surface area contributed by atoms with Crippen LogP contribution in [0.15, 0.2) is 59.7 Å². The molecule has 0 N–H and O–H groups in total. The Morgan fingerprint density at radius 1 is 0.882 bits per heavy atom. The van der Waals surface area contributed by atoms with Gasteiger partial charge in [-0.3, -0.25) is 0 Å². The Balaban J connectivity index is 1.61. The van der Waals surface area contributed by atoms with E-state index in [1.807, 2.05) is 59.6 Å². The number of nitrogens with zero attached hydrogens (tertiary/aromatic N) is 2. The number of halogens is 1. The zero-order chi connectivity index (χ0) is 23.8. The minimum atomic E-state index is -0.497. The van der Waals surface area contributed by atoms with Crippen molar-refractivity contribution in [1.82, 2.24) is 5.01 Å². The summed E-state index contributed by atoms with van der Waals surface area (Å²) in [6, 6.07) is 17.4. The van der Waals surface area contributed by atoms with Crippen LogP contribution < -0.4 is 23.7 Å². The van der Waals surface area contributed by atoms with Crippen LogP contribution in [0.2, 0.25) is 5.02 Å². The van der Waals surface area contributed by atoms with Gasteiger partial charge in [-0.25, -0.2) is 5.01 Å². The molecule has 0 amide bonds. The second-order valence-electron chi connectivity index (χ2n) is 7.99. The van der Waals surface area contributed by atoms with Crippen molar-refractivity contribution in [2.24, 2.45) is 5.10 Å². The van der Waals surface area contributed by atoms with Crippen LogP contribution >= 0.6 is 11.6 Å². The van der Waals surface area contributed by atoms with E-state index in [9.17, 15) is 0 Å². The van der Waals surface area contributed by atoms with E-state index in [1.165, 1.54) is 0 Å². The van der Waals surface area contributed by atoms with E-state index >= 15 is 0 Å². The zero-order valence-corrected chi connectivity index (χ0v) is 20.1. The molecular formula is C26H25ClN2O5. The lowest BCUT2D eigenvalue weighted by Crippen LogP contribution is -2.33. The first-order chi connectivity index (χ1) is 16.6. The van der Waals surface area contributed by atoms with Gasteiger partial charge in [0.05, 0.1) is 40.2 Å². The maximum absolute atomic E-state index is 6.47. The topological polar surface area (TPSA) is 61.8 Å². The molecule has 3 aromatic rings. The Morgan fingerprint density at radius 3 is 2.21 bits per heavy atom. The first-order valence-electron chi connectivity index (χ1n) is 10.8. The molecule has 7 nitrogen and oxygen atoms in total. The molecule has 0 aromatic heterocycles. The fraction of sp³-hybridized carbons (Fsp3) is 0.269. The van der Waals surface area contributed by atoms with Crippen molar-refractivity contribution in [3.8, 4) is 28.7 Å². The van der Waals surface area contributed by atoms with E-state index in [-0.39, 0.29) is 6.04 Å². The highest BCUT2D eigenvalue weighted by Crippen LogP contribution is 2.50. The summed E-state index contributed by atoms with van der Waals surface area (Å²) < 4.78 is 28.4. The Morgan fingerprint density at radius 2 is 1.59 bits per heavy atom. The molecule has 2 aliphatic rings. The molecule has 0 spiro atoms. The molecule has 2 heterocycles. The molecular weight excluding hydrogens is 456 g/mol. The Kier molecular flexibility index (Phi) is 5.87. The predicted molar refractivity (Wildman–Crippen MR) is 130 cm³/mol. The monoisotopic (exact) mass is 480 g/mol. The van der Waals surface area contributed by atoms with Crippen LogP contribution in [0.25, 0.3) is 0 Å². The summed E-state index contributed by atoms with van der Waals surface area (Å²) in [5, 5.41) is 7.65. The molecule has 3 aromatic carbocycles. The smallest absolute Gasteiger partial charge is 0.214 e. The normalized spacial score (nSPS) is 18.4. The second-order valence-corrected chi connectivity index (χ2v) is 8.42. The SMILES string of the molecule is COc1ccc(C2=NN3[C@H](C2)c2cc(Cl)ccc2O[C@@H]3c2cc(OC)c(OC)c(OC)c2)cc1. The molecule has 0 saturated heterocycles. The molecule has 2 atom stereocenters. The molecule has 2 aliphatic heterocycles. The molecule has 34 heavy (non-hydrogen) atoms. The van der Waals surface area contributed by atoms with Gasteiger partial charge in [-0.15, -0.1) is 0 Å². The summed E-state index contributed by atoms with van der Waals surface area (Å²) in [6.45, 7) is 0. The largest absolute Gasteiger partial charge is 0.497 e. The first kappa shape index (κ1) is 22.2.